The summed E-state index contributed by atoms with van der Waals surface area (Å²) in [4.78, 5) is 27.4. The van der Waals surface area contributed by atoms with Gasteiger partial charge in [0.05, 0.1) is 15.7 Å². The van der Waals surface area contributed by atoms with E-state index in [0.717, 1.165) is 16.3 Å². The average molecular weight is 473 g/mol. The Morgan fingerprint density at radius 1 is 1.12 bits per heavy atom. The van der Waals surface area contributed by atoms with E-state index in [2.05, 4.69) is 15.0 Å². The van der Waals surface area contributed by atoms with Crippen molar-refractivity contribution in [3.63, 3.8) is 0 Å². The van der Waals surface area contributed by atoms with Gasteiger partial charge in [-0.3, -0.25) is 4.79 Å². The topological polar surface area (TPSA) is 59.0 Å². The molecule has 0 saturated carbocycles. The van der Waals surface area contributed by atoms with Gasteiger partial charge in [-0.25, -0.2) is 23.7 Å². The van der Waals surface area contributed by atoms with E-state index in [1.807, 2.05) is 18.2 Å². The molecule has 0 saturated heterocycles. The molecule has 0 fully saturated rings. The van der Waals surface area contributed by atoms with Gasteiger partial charge >= 0.3 is 0 Å². The third kappa shape index (κ3) is 5.26. The lowest BCUT2D eigenvalue weighted by molar-refractivity contribution is -0.122. The van der Waals surface area contributed by atoms with Gasteiger partial charge < -0.3 is 4.90 Å². The van der Waals surface area contributed by atoms with Gasteiger partial charge in [0.1, 0.15) is 11.6 Å². The molecule has 2 aromatic carbocycles. The van der Waals surface area contributed by atoms with Gasteiger partial charge in [0.15, 0.2) is 0 Å². The zero-order valence-electron chi connectivity index (χ0n) is 17.1. The Balaban J connectivity index is 1.59. The summed E-state index contributed by atoms with van der Waals surface area (Å²) in [7, 11) is 1.69. The van der Waals surface area contributed by atoms with Crippen LogP contribution in [0.1, 0.15) is 17.7 Å². The lowest BCUT2D eigenvalue weighted by Crippen LogP contribution is -2.34. The molecular formula is C23H19ClF2N4OS. The normalized spacial score (nSPS) is 12.1. The molecule has 0 aliphatic carbocycles. The maximum atomic E-state index is 13.7. The lowest BCUT2D eigenvalue weighted by Gasteiger charge is -2.24. The number of thiazole rings is 1. The van der Waals surface area contributed by atoms with Crippen LogP contribution in [0.2, 0.25) is 5.28 Å². The summed E-state index contributed by atoms with van der Waals surface area (Å²) in [6.45, 7) is 0. The van der Waals surface area contributed by atoms with E-state index in [-0.39, 0.29) is 17.6 Å². The van der Waals surface area contributed by atoms with Crippen molar-refractivity contribution in [2.45, 2.75) is 19.3 Å². The van der Waals surface area contributed by atoms with Gasteiger partial charge in [0.2, 0.25) is 11.2 Å². The van der Waals surface area contributed by atoms with Crippen molar-refractivity contribution in [1.82, 2.24) is 15.0 Å². The van der Waals surface area contributed by atoms with Gasteiger partial charge in [0.25, 0.3) is 0 Å². The van der Waals surface area contributed by atoms with Crippen molar-refractivity contribution < 1.29 is 13.6 Å². The molecule has 164 valence electrons. The minimum atomic E-state index is -0.670. The van der Waals surface area contributed by atoms with Crippen molar-refractivity contribution >= 4 is 44.7 Å². The van der Waals surface area contributed by atoms with Crippen LogP contribution in [0.15, 0.2) is 54.2 Å². The van der Waals surface area contributed by atoms with Crippen LogP contribution in [-0.2, 0) is 17.6 Å². The Morgan fingerprint density at radius 3 is 2.66 bits per heavy atom. The third-order valence-electron chi connectivity index (χ3n) is 5.22. The summed E-state index contributed by atoms with van der Waals surface area (Å²) < 4.78 is 28.5. The molecule has 0 aliphatic rings. The van der Waals surface area contributed by atoms with Crippen LogP contribution in [0.3, 0.4) is 0 Å². The number of anilines is 1. The lowest BCUT2D eigenvalue weighted by atomic mass is 9.92. The quantitative estimate of drug-likeness (QED) is 0.334. The highest BCUT2D eigenvalue weighted by Crippen LogP contribution is 2.26. The summed E-state index contributed by atoms with van der Waals surface area (Å²) in [5.74, 6) is -2.03. The summed E-state index contributed by atoms with van der Waals surface area (Å²) in [6.07, 6.45) is 2.64. The smallest absolute Gasteiger partial charge is 0.230 e. The molecule has 0 bridgehead atoms. The fourth-order valence-electron chi connectivity index (χ4n) is 3.61. The predicted octanol–water partition coefficient (Wildman–Crippen LogP) is 5.47. The number of aryl methyl sites for hydroxylation is 1. The standard InChI is InChI=1S/C23H19ClF2N4OS/c1-30(19-4-5-21-20(12-19)28-13-32-21)22(31)15(2-3-18-6-7-27-23(24)29-18)8-14-9-16(25)11-17(26)10-14/h4-7,9-13,15H,2-3,8H2,1H3/t15-/m0/s1. The van der Waals surface area contributed by atoms with Crippen LogP contribution in [0.25, 0.3) is 10.2 Å². The van der Waals surface area contributed by atoms with Crippen LogP contribution in [0.4, 0.5) is 14.5 Å². The van der Waals surface area contributed by atoms with E-state index in [0.29, 0.717) is 29.8 Å². The number of nitrogens with zero attached hydrogens (tertiary/aromatic N) is 4. The summed E-state index contributed by atoms with van der Waals surface area (Å²) in [6, 6.07) is 10.7. The third-order valence-corrected chi connectivity index (χ3v) is 6.21. The zero-order valence-corrected chi connectivity index (χ0v) is 18.7. The molecule has 1 amide bonds. The minimum absolute atomic E-state index is 0.131. The van der Waals surface area contributed by atoms with Crippen LogP contribution in [0, 0.1) is 17.6 Å². The van der Waals surface area contributed by atoms with E-state index in [1.165, 1.54) is 23.5 Å². The number of fused-ring (bicyclic) bond motifs is 1. The number of hydrogen-bond donors (Lipinski definition) is 0. The van der Waals surface area contributed by atoms with Gasteiger partial charge in [-0.2, -0.15) is 0 Å². The van der Waals surface area contributed by atoms with Gasteiger partial charge in [0, 0.05) is 36.6 Å². The van der Waals surface area contributed by atoms with E-state index in [1.54, 1.807) is 29.7 Å². The highest BCUT2D eigenvalue weighted by molar-refractivity contribution is 7.16. The summed E-state index contributed by atoms with van der Waals surface area (Å²) in [5.41, 5.74) is 4.38. The van der Waals surface area contributed by atoms with Gasteiger partial charge in [-0.1, -0.05) is 0 Å². The van der Waals surface area contributed by atoms with Gasteiger partial charge in [-0.15, -0.1) is 11.3 Å². The molecule has 0 radical (unpaired) electrons. The first-order valence-corrected chi connectivity index (χ1v) is 11.2. The predicted molar refractivity (Wildman–Crippen MR) is 122 cm³/mol. The van der Waals surface area contributed by atoms with Crippen molar-refractivity contribution in [2.75, 3.05) is 11.9 Å². The maximum Gasteiger partial charge on any atom is 0.230 e. The highest BCUT2D eigenvalue weighted by Gasteiger charge is 2.24. The molecule has 0 unspecified atom stereocenters. The second-order valence-electron chi connectivity index (χ2n) is 7.44. The zero-order chi connectivity index (χ0) is 22.7. The first-order valence-electron chi connectivity index (χ1n) is 9.92. The molecule has 2 aromatic heterocycles. The van der Waals surface area contributed by atoms with Crippen LogP contribution >= 0.6 is 22.9 Å². The fourth-order valence-corrected chi connectivity index (χ4v) is 4.44. The Hall–Kier alpha value is -2.97. The number of amides is 1. The Morgan fingerprint density at radius 2 is 1.91 bits per heavy atom. The van der Waals surface area contributed by atoms with Crippen LogP contribution < -0.4 is 4.90 Å². The molecule has 2 heterocycles. The minimum Gasteiger partial charge on any atom is -0.315 e. The number of carbonyl (C=O) groups is 1. The molecule has 4 rings (SSSR count). The van der Waals surface area contributed by atoms with Crippen molar-refractivity contribution in [3.05, 3.63) is 82.3 Å². The molecule has 0 spiro atoms. The number of benzene rings is 2. The molecule has 5 nitrogen and oxygen atoms in total. The maximum absolute atomic E-state index is 13.7. The molecule has 9 heteroatoms. The van der Waals surface area contributed by atoms with Crippen molar-refractivity contribution in [3.8, 4) is 0 Å². The number of aromatic nitrogens is 3. The first kappa shape index (κ1) is 22.2. The van der Waals surface area contributed by atoms with Crippen molar-refractivity contribution in [2.24, 2.45) is 5.92 Å². The summed E-state index contributed by atoms with van der Waals surface area (Å²) in [5, 5.41) is 0.131. The molecule has 32 heavy (non-hydrogen) atoms. The molecule has 0 N–H and O–H groups in total. The van der Waals surface area contributed by atoms with E-state index in [9.17, 15) is 13.6 Å². The van der Waals surface area contributed by atoms with E-state index < -0.39 is 17.6 Å². The number of carbonyl (C=O) groups excluding carboxylic acids is 1. The number of halogens is 3. The summed E-state index contributed by atoms with van der Waals surface area (Å²) >= 11 is 7.40. The molecular weight excluding hydrogens is 454 g/mol. The Labute approximate surface area is 192 Å². The van der Waals surface area contributed by atoms with E-state index >= 15 is 0 Å². The van der Waals surface area contributed by atoms with Crippen LogP contribution in [0.5, 0.6) is 0 Å². The molecule has 1 atom stereocenters. The van der Waals surface area contributed by atoms with Crippen molar-refractivity contribution in [1.29, 1.82) is 0 Å². The average Bonchev–Trinajstić information content (AvgIpc) is 3.23. The fraction of sp³-hybridized carbons (Fsp3) is 0.217. The van der Waals surface area contributed by atoms with Gasteiger partial charge in [-0.05, 0) is 72.8 Å². The SMILES string of the molecule is CN(C(=O)[C@@H](CCc1ccnc(Cl)n1)Cc1cc(F)cc(F)c1)c1ccc2scnc2c1. The number of hydrogen-bond acceptors (Lipinski definition) is 5. The van der Waals surface area contributed by atoms with Crippen LogP contribution in [-0.4, -0.2) is 27.9 Å². The Bertz CT molecular complexity index is 1250. The Kier molecular flexibility index (Phi) is 6.72. The molecule has 4 aromatic rings. The molecule has 0 aliphatic heterocycles. The largest absolute Gasteiger partial charge is 0.315 e. The van der Waals surface area contributed by atoms with E-state index in [4.69, 9.17) is 11.6 Å². The number of rotatable bonds is 7. The first-order chi connectivity index (χ1) is 15.4. The highest BCUT2D eigenvalue weighted by atomic mass is 35.5. The monoisotopic (exact) mass is 472 g/mol. The second kappa shape index (κ2) is 9.67. The second-order valence-corrected chi connectivity index (χ2v) is 8.66.